The average Bonchev–Trinajstić information content (AvgIpc) is 2.29. The lowest BCUT2D eigenvalue weighted by Crippen LogP contribution is -2.12. The molecule has 0 aromatic heterocycles. The van der Waals surface area contributed by atoms with Crippen molar-refractivity contribution < 1.29 is 5.11 Å². The van der Waals surface area contributed by atoms with E-state index in [1.54, 1.807) is 12.1 Å². The maximum absolute atomic E-state index is 9.34. The first-order valence-electron chi connectivity index (χ1n) is 5.18. The third-order valence-corrected chi connectivity index (χ3v) is 2.27. The van der Waals surface area contributed by atoms with E-state index in [-0.39, 0.29) is 6.10 Å². The molecular formula is C12H16N2O. The van der Waals surface area contributed by atoms with Gasteiger partial charge in [0.25, 0.3) is 0 Å². The minimum absolute atomic E-state index is 0.239. The van der Waals surface area contributed by atoms with Crippen LogP contribution in [0.15, 0.2) is 24.3 Å². The quantitative estimate of drug-likeness (QED) is 0.772. The van der Waals surface area contributed by atoms with Gasteiger partial charge in [0.15, 0.2) is 0 Å². The van der Waals surface area contributed by atoms with Crippen molar-refractivity contribution in [1.29, 1.82) is 5.26 Å². The van der Waals surface area contributed by atoms with Gasteiger partial charge in [-0.3, -0.25) is 0 Å². The van der Waals surface area contributed by atoms with E-state index in [0.717, 1.165) is 25.1 Å². The van der Waals surface area contributed by atoms with Crippen molar-refractivity contribution in [2.24, 2.45) is 0 Å². The fraction of sp³-hybridized carbons (Fsp3) is 0.417. The maximum atomic E-state index is 9.34. The van der Waals surface area contributed by atoms with Gasteiger partial charge in [0.05, 0.1) is 17.7 Å². The largest absolute Gasteiger partial charge is 0.393 e. The van der Waals surface area contributed by atoms with Crippen LogP contribution < -0.4 is 5.32 Å². The molecule has 0 saturated heterocycles. The monoisotopic (exact) mass is 204 g/mol. The molecule has 3 nitrogen and oxygen atoms in total. The predicted octanol–water partition coefficient (Wildman–Crippen LogP) is 2.13. The van der Waals surface area contributed by atoms with Crippen molar-refractivity contribution >= 4 is 5.69 Å². The van der Waals surface area contributed by atoms with E-state index >= 15 is 0 Å². The number of anilines is 1. The molecular weight excluding hydrogens is 188 g/mol. The molecule has 0 aliphatic rings. The lowest BCUT2D eigenvalue weighted by molar-refractivity contribution is 0.164. The van der Waals surface area contributed by atoms with E-state index in [1.165, 1.54) is 0 Å². The highest BCUT2D eigenvalue weighted by Gasteiger charge is 2.00. The Balaban J connectivity index is 2.41. The predicted molar refractivity (Wildman–Crippen MR) is 60.6 cm³/mol. The lowest BCUT2D eigenvalue weighted by Gasteiger charge is -2.09. The summed E-state index contributed by atoms with van der Waals surface area (Å²) in [6.45, 7) is 2.69. The number of benzene rings is 1. The number of nitrogens with one attached hydrogen (secondary N) is 1. The number of aliphatic hydroxyl groups excluding tert-OH is 1. The summed E-state index contributed by atoms with van der Waals surface area (Å²) in [5.41, 5.74) is 1.58. The van der Waals surface area contributed by atoms with E-state index in [0.29, 0.717) is 5.56 Å². The Bertz CT molecular complexity index is 344. The number of nitrogens with zero attached hydrogens (tertiary/aromatic N) is 1. The van der Waals surface area contributed by atoms with Crippen LogP contribution in [0.1, 0.15) is 25.3 Å². The van der Waals surface area contributed by atoms with Gasteiger partial charge in [-0.1, -0.05) is 13.0 Å². The summed E-state index contributed by atoms with van der Waals surface area (Å²) in [5, 5.41) is 21.2. The van der Waals surface area contributed by atoms with Crippen molar-refractivity contribution in [2.45, 2.75) is 25.9 Å². The number of aliphatic hydroxyl groups is 1. The van der Waals surface area contributed by atoms with Crippen LogP contribution in [0.25, 0.3) is 0 Å². The minimum atomic E-state index is -0.239. The molecule has 0 heterocycles. The van der Waals surface area contributed by atoms with E-state index in [1.807, 2.05) is 19.1 Å². The zero-order valence-electron chi connectivity index (χ0n) is 8.90. The van der Waals surface area contributed by atoms with E-state index in [9.17, 15) is 5.11 Å². The van der Waals surface area contributed by atoms with Crippen LogP contribution in [0.5, 0.6) is 0 Å². The summed E-state index contributed by atoms with van der Waals surface area (Å²) >= 11 is 0. The fourth-order valence-corrected chi connectivity index (χ4v) is 1.29. The van der Waals surface area contributed by atoms with E-state index < -0.39 is 0 Å². The Morgan fingerprint density at radius 1 is 1.53 bits per heavy atom. The van der Waals surface area contributed by atoms with Gasteiger partial charge in [0.2, 0.25) is 0 Å². The Kier molecular flexibility index (Phi) is 4.65. The second-order valence-electron chi connectivity index (χ2n) is 3.47. The first kappa shape index (κ1) is 11.5. The third-order valence-electron chi connectivity index (χ3n) is 2.27. The summed E-state index contributed by atoms with van der Waals surface area (Å²) in [6, 6.07) is 9.42. The molecule has 3 heteroatoms. The molecule has 2 N–H and O–H groups in total. The molecule has 0 radical (unpaired) electrons. The van der Waals surface area contributed by atoms with Crippen LogP contribution in [-0.2, 0) is 0 Å². The minimum Gasteiger partial charge on any atom is -0.393 e. The second-order valence-corrected chi connectivity index (χ2v) is 3.47. The Morgan fingerprint density at radius 3 is 3.00 bits per heavy atom. The van der Waals surface area contributed by atoms with Gasteiger partial charge in [0, 0.05) is 12.2 Å². The molecule has 1 rings (SSSR count). The summed E-state index contributed by atoms with van der Waals surface area (Å²) < 4.78 is 0. The van der Waals surface area contributed by atoms with Gasteiger partial charge >= 0.3 is 0 Å². The summed E-state index contributed by atoms with van der Waals surface area (Å²) in [4.78, 5) is 0. The molecule has 1 atom stereocenters. The number of hydrogen-bond donors (Lipinski definition) is 2. The molecule has 0 saturated carbocycles. The SMILES string of the molecule is CCC(O)CCNc1cccc(C#N)c1. The molecule has 0 bridgehead atoms. The van der Waals surface area contributed by atoms with E-state index in [4.69, 9.17) is 5.26 Å². The summed E-state index contributed by atoms with van der Waals surface area (Å²) in [5.74, 6) is 0. The molecule has 1 aromatic rings. The first-order valence-corrected chi connectivity index (χ1v) is 5.18. The number of rotatable bonds is 5. The zero-order valence-corrected chi connectivity index (χ0v) is 8.90. The Labute approximate surface area is 90.4 Å². The van der Waals surface area contributed by atoms with Crippen LogP contribution in [-0.4, -0.2) is 17.8 Å². The van der Waals surface area contributed by atoms with Crippen LogP contribution in [0.3, 0.4) is 0 Å². The summed E-state index contributed by atoms with van der Waals surface area (Å²) in [6.07, 6.45) is 1.27. The van der Waals surface area contributed by atoms with Gasteiger partial charge < -0.3 is 10.4 Å². The van der Waals surface area contributed by atoms with Crippen molar-refractivity contribution in [3.05, 3.63) is 29.8 Å². The zero-order chi connectivity index (χ0) is 11.1. The topological polar surface area (TPSA) is 56.0 Å². The van der Waals surface area contributed by atoms with Crippen LogP contribution >= 0.6 is 0 Å². The molecule has 80 valence electrons. The molecule has 15 heavy (non-hydrogen) atoms. The van der Waals surface area contributed by atoms with Gasteiger partial charge in [0.1, 0.15) is 0 Å². The van der Waals surface area contributed by atoms with Gasteiger partial charge in [-0.05, 0) is 31.0 Å². The highest BCUT2D eigenvalue weighted by molar-refractivity contribution is 5.48. The van der Waals surface area contributed by atoms with Crippen molar-refractivity contribution in [3.63, 3.8) is 0 Å². The molecule has 0 aliphatic carbocycles. The number of nitriles is 1. The standard InChI is InChI=1S/C12H16N2O/c1-2-12(15)6-7-14-11-5-3-4-10(8-11)9-13/h3-5,8,12,14-15H,2,6-7H2,1H3. The second kappa shape index (κ2) is 6.05. The number of hydrogen-bond acceptors (Lipinski definition) is 3. The van der Waals surface area contributed by atoms with E-state index in [2.05, 4.69) is 11.4 Å². The van der Waals surface area contributed by atoms with Crippen molar-refractivity contribution in [3.8, 4) is 6.07 Å². The van der Waals surface area contributed by atoms with Gasteiger partial charge in [-0.15, -0.1) is 0 Å². The molecule has 0 spiro atoms. The lowest BCUT2D eigenvalue weighted by atomic mass is 10.2. The molecule has 0 amide bonds. The fourth-order valence-electron chi connectivity index (χ4n) is 1.29. The molecule has 0 fully saturated rings. The van der Waals surface area contributed by atoms with Crippen molar-refractivity contribution in [2.75, 3.05) is 11.9 Å². The average molecular weight is 204 g/mol. The van der Waals surface area contributed by atoms with Gasteiger partial charge in [-0.2, -0.15) is 5.26 Å². The summed E-state index contributed by atoms with van der Waals surface area (Å²) in [7, 11) is 0. The maximum Gasteiger partial charge on any atom is 0.0992 e. The smallest absolute Gasteiger partial charge is 0.0992 e. The van der Waals surface area contributed by atoms with Crippen LogP contribution in [0.4, 0.5) is 5.69 Å². The molecule has 0 aliphatic heterocycles. The van der Waals surface area contributed by atoms with Crippen LogP contribution in [0.2, 0.25) is 0 Å². The highest BCUT2D eigenvalue weighted by atomic mass is 16.3. The van der Waals surface area contributed by atoms with Crippen LogP contribution in [0, 0.1) is 11.3 Å². The molecule has 1 unspecified atom stereocenters. The normalized spacial score (nSPS) is 11.8. The first-order chi connectivity index (χ1) is 7.26. The van der Waals surface area contributed by atoms with Gasteiger partial charge in [-0.25, -0.2) is 0 Å². The third kappa shape index (κ3) is 4.01. The van der Waals surface area contributed by atoms with Crippen molar-refractivity contribution in [1.82, 2.24) is 0 Å². The Hall–Kier alpha value is -1.53. The molecule has 1 aromatic carbocycles. The Morgan fingerprint density at radius 2 is 2.33 bits per heavy atom. The highest BCUT2D eigenvalue weighted by Crippen LogP contribution is 2.10.